The first-order chi connectivity index (χ1) is 18.7. The zero-order valence-corrected chi connectivity index (χ0v) is 21.4. The summed E-state index contributed by atoms with van der Waals surface area (Å²) < 4.78 is 20.8. The Morgan fingerprint density at radius 2 is 1.84 bits per heavy atom. The Morgan fingerprint density at radius 3 is 2.71 bits per heavy atom. The molecule has 1 aromatic heterocycles. The molecule has 1 saturated heterocycles. The Hall–Kier alpha value is -3.28. The molecular weight excluding hydrogens is 474 g/mol. The van der Waals surface area contributed by atoms with E-state index in [1.54, 1.807) is 0 Å². The van der Waals surface area contributed by atoms with Gasteiger partial charge in [0.1, 0.15) is 16.9 Å². The minimum Gasteiger partial charge on any atom is -0.504 e. The van der Waals surface area contributed by atoms with Crippen molar-refractivity contribution >= 4 is 11.0 Å². The molecule has 0 amide bonds. The van der Waals surface area contributed by atoms with Crippen molar-refractivity contribution in [2.45, 2.75) is 61.9 Å². The molecule has 1 spiro atoms. The van der Waals surface area contributed by atoms with E-state index in [0.717, 1.165) is 55.0 Å². The van der Waals surface area contributed by atoms with Crippen LogP contribution in [0.15, 0.2) is 71.1 Å². The van der Waals surface area contributed by atoms with Crippen LogP contribution in [-0.4, -0.2) is 34.7 Å². The fraction of sp³-hybridized carbons (Fsp3) is 0.394. The number of rotatable bonds is 5. The number of phenolic OH excluding ortho intramolecular Hbond substituents is 1. The largest absolute Gasteiger partial charge is 0.504 e. The van der Waals surface area contributed by atoms with Crippen LogP contribution >= 0.6 is 0 Å². The summed E-state index contributed by atoms with van der Waals surface area (Å²) in [4.78, 5) is 2.74. The van der Waals surface area contributed by atoms with Crippen LogP contribution in [0.4, 0.5) is 0 Å². The highest BCUT2D eigenvalue weighted by molar-refractivity contribution is 5.84. The van der Waals surface area contributed by atoms with Gasteiger partial charge in [-0.1, -0.05) is 54.6 Å². The molecule has 2 aliphatic heterocycles. The van der Waals surface area contributed by atoms with Gasteiger partial charge in [0.15, 0.2) is 17.6 Å². The summed E-state index contributed by atoms with van der Waals surface area (Å²) >= 11 is 0. The van der Waals surface area contributed by atoms with Gasteiger partial charge in [0.2, 0.25) is 0 Å². The predicted octanol–water partition coefficient (Wildman–Crippen LogP) is 6.06. The molecule has 0 unspecified atom stereocenters. The Kier molecular flexibility index (Phi) is 4.23. The van der Waals surface area contributed by atoms with Crippen molar-refractivity contribution in [3.8, 4) is 11.5 Å². The lowest BCUT2D eigenvalue weighted by Gasteiger charge is -2.64. The molecule has 192 valence electrons. The first kappa shape index (κ1) is 21.6. The zero-order valence-electron chi connectivity index (χ0n) is 21.4. The lowest BCUT2D eigenvalue weighted by atomic mass is 9.49. The summed E-state index contributed by atoms with van der Waals surface area (Å²) in [5.41, 5.74) is 4.86. The maximum Gasteiger partial charge on any atom is 0.169 e. The highest BCUT2D eigenvalue weighted by atomic mass is 16.5. The average Bonchev–Trinajstić information content (AvgIpc) is 3.58. The first-order valence-corrected chi connectivity index (χ1v) is 14.1. The van der Waals surface area contributed by atoms with Crippen LogP contribution in [-0.2, 0) is 29.6 Å². The monoisotopic (exact) mass is 505 g/mol. The van der Waals surface area contributed by atoms with Crippen LogP contribution in [0.5, 0.6) is 11.5 Å². The van der Waals surface area contributed by atoms with Crippen molar-refractivity contribution in [1.82, 2.24) is 4.90 Å². The third-order valence-corrected chi connectivity index (χ3v) is 10.2. The fourth-order valence-electron chi connectivity index (χ4n) is 8.45. The molecule has 5 aliphatic rings. The van der Waals surface area contributed by atoms with Gasteiger partial charge in [0.25, 0.3) is 0 Å². The molecule has 2 bridgehead atoms. The van der Waals surface area contributed by atoms with Crippen LogP contribution < -0.4 is 4.74 Å². The smallest absolute Gasteiger partial charge is 0.169 e. The van der Waals surface area contributed by atoms with Crippen LogP contribution in [0, 0.1) is 5.92 Å². The van der Waals surface area contributed by atoms with Crippen LogP contribution in [0.1, 0.15) is 53.4 Å². The Balaban J connectivity index is 1.31. The third-order valence-electron chi connectivity index (χ3n) is 10.2. The van der Waals surface area contributed by atoms with Gasteiger partial charge in [-0.25, -0.2) is 0 Å². The van der Waals surface area contributed by atoms with Gasteiger partial charge in [0, 0.05) is 35.5 Å². The summed E-state index contributed by atoms with van der Waals surface area (Å²) in [5, 5.41) is 12.2. The van der Waals surface area contributed by atoms with E-state index in [1.807, 2.05) is 12.1 Å². The number of furan rings is 1. The van der Waals surface area contributed by atoms with Crippen molar-refractivity contribution in [1.29, 1.82) is 0 Å². The topological polar surface area (TPSA) is 55.1 Å². The Morgan fingerprint density at radius 1 is 1.00 bits per heavy atom. The molecule has 1 N–H and O–H groups in total. The van der Waals surface area contributed by atoms with Crippen molar-refractivity contribution in [3.05, 3.63) is 94.7 Å². The molecule has 1 saturated carbocycles. The molecule has 0 radical (unpaired) electrons. The van der Waals surface area contributed by atoms with Crippen LogP contribution in [0.25, 0.3) is 11.0 Å². The summed E-state index contributed by atoms with van der Waals surface area (Å²) in [6.45, 7) is 2.71. The highest BCUT2D eigenvalue weighted by Crippen LogP contribution is 2.70. The van der Waals surface area contributed by atoms with Gasteiger partial charge in [-0.2, -0.15) is 0 Å². The molecule has 4 atom stereocenters. The summed E-state index contributed by atoms with van der Waals surface area (Å²) in [5.74, 6) is 2.59. The standard InChI is InChI=1S/C33H31NO4/c35-25-13-12-22-16-27-33(36-19-21-6-2-1-3-7-21)17-24-23-8-4-5-9-26(23)37-29(24)31-32(33,28(22)30(25)38-31)14-15-34(27)18-20-10-11-20/h1-9,12-13,20,27,31,35H,10-11,14-19H2/t27-,31-,32-,33+/m0/s1. The number of benzene rings is 3. The minimum absolute atomic E-state index is 0.223. The number of nitrogens with zero attached hydrogens (tertiary/aromatic N) is 1. The molecule has 4 aromatic rings. The summed E-state index contributed by atoms with van der Waals surface area (Å²) in [6, 6.07) is 23.1. The zero-order chi connectivity index (χ0) is 25.1. The number of phenols is 1. The van der Waals surface area contributed by atoms with E-state index in [-0.39, 0.29) is 17.9 Å². The highest BCUT2D eigenvalue weighted by Gasteiger charge is 2.74. The van der Waals surface area contributed by atoms with E-state index in [1.165, 1.54) is 35.1 Å². The number of fused-ring (bicyclic) bond motifs is 4. The molecule has 38 heavy (non-hydrogen) atoms. The number of para-hydroxylation sites is 1. The lowest BCUT2D eigenvalue weighted by molar-refractivity contribution is -0.212. The van der Waals surface area contributed by atoms with Crippen LogP contribution in [0.3, 0.4) is 0 Å². The molecule has 9 rings (SSSR count). The molecule has 3 aliphatic carbocycles. The molecule has 5 nitrogen and oxygen atoms in total. The van der Waals surface area contributed by atoms with Gasteiger partial charge in [0.05, 0.1) is 12.0 Å². The van der Waals surface area contributed by atoms with Crippen LogP contribution in [0.2, 0.25) is 0 Å². The van der Waals surface area contributed by atoms with Gasteiger partial charge in [-0.05, 0) is 61.4 Å². The van der Waals surface area contributed by atoms with Gasteiger partial charge in [-0.3, -0.25) is 4.90 Å². The summed E-state index contributed by atoms with van der Waals surface area (Å²) in [6.07, 6.45) is 4.98. The number of hydrogen-bond acceptors (Lipinski definition) is 5. The van der Waals surface area contributed by atoms with E-state index in [9.17, 15) is 5.11 Å². The average molecular weight is 506 g/mol. The molecule has 2 fully saturated rings. The summed E-state index contributed by atoms with van der Waals surface area (Å²) in [7, 11) is 0. The number of hydrogen-bond donors (Lipinski definition) is 1. The second-order valence-corrected chi connectivity index (χ2v) is 12.1. The van der Waals surface area contributed by atoms with Crippen molar-refractivity contribution in [2.75, 3.05) is 13.1 Å². The minimum atomic E-state index is -0.494. The van der Waals surface area contributed by atoms with E-state index in [4.69, 9.17) is 13.9 Å². The maximum absolute atomic E-state index is 11.1. The Bertz CT molecular complexity index is 1590. The van der Waals surface area contributed by atoms with Gasteiger partial charge >= 0.3 is 0 Å². The normalized spacial score (nSPS) is 30.6. The van der Waals surface area contributed by atoms with Crippen molar-refractivity contribution < 1.29 is 19.0 Å². The molecule has 3 aromatic carbocycles. The van der Waals surface area contributed by atoms with Gasteiger partial charge in [-0.15, -0.1) is 0 Å². The quantitative estimate of drug-likeness (QED) is 0.357. The number of likely N-dealkylation sites (tertiary alicyclic amines) is 1. The van der Waals surface area contributed by atoms with Gasteiger partial charge < -0.3 is 19.0 Å². The van der Waals surface area contributed by atoms with E-state index < -0.39 is 11.0 Å². The second-order valence-electron chi connectivity index (χ2n) is 12.1. The van der Waals surface area contributed by atoms with E-state index in [2.05, 4.69) is 59.5 Å². The molecule has 3 heterocycles. The maximum atomic E-state index is 11.1. The SMILES string of the molecule is Oc1ccc2c3c1O[C@H]1c4oc5ccccc5c4C[C@@]4(OCc5ccccc5)[C@H](C2)N(CC2CC2)CC[C@]314. The lowest BCUT2D eigenvalue weighted by Crippen LogP contribution is -2.75. The number of aromatic hydroxyl groups is 1. The third kappa shape index (κ3) is 2.64. The first-order valence-electron chi connectivity index (χ1n) is 14.1. The number of piperidine rings is 1. The Labute approximate surface area is 222 Å². The van der Waals surface area contributed by atoms with Crippen molar-refractivity contribution in [3.63, 3.8) is 0 Å². The number of ether oxygens (including phenoxy) is 2. The molecular formula is C33H31NO4. The molecule has 5 heteroatoms. The fourth-order valence-corrected chi connectivity index (χ4v) is 8.45. The van der Waals surface area contributed by atoms with E-state index >= 15 is 0 Å². The second kappa shape index (κ2) is 7.43. The van der Waals surface area contributed by atoms with E-state index in [0.29, 0.717) is 12.4 Å². The predicted molar refractivity (Wildman–Crippen MR) is 143 cm³/mol. The van der Waals surface area contributed by atoms with Crippen molar-refractivity contribution in [2.24, 2.45) is 5.92 Å².